The van der Waals surface area contributed by atoms with E-state index in [2.05, 4.69) is 15.5 Å². The summed E-state index contributed by atoms with van der Waals surface area (Å²) in [7, 11) is 0. The number of carbonyl (C=O) groups excluding carboxylic acids is 1. The molecule has 2 N–H and O–H groups in total. The predicted octanol–water partition coefficient (Wildman–Crippen LogP) is 3.79. The fourth-order valence-electron chi connectivity index (χ4n) is 3.08. The molecule has 0 saturated carbocycles. The molecule has 1 fully saturated rings. The Morgan fingerprint density at radius 3 is 2.85 bits per heavy atom. The summed E-state index contributed by atoms with van der Waals surface area (Å²) in [5.41, 5.74) is 2.02. The number of nitrogens with zero attached hydrogens (tertiary/aromatic N) is 1. The van der Waals surface area contributed by atoms with E-state index in [1.54, 1.807) is 12.1 Å². The van der Waals surface area contributed by atoms with E-state index in [1.165, 1.54) is 6.07 Å². The minimum atomic E-state index is -0.420. The maximum Gasteiger partial charge on any atom is 0.238 e. The van der Waals surface area contributed by atoms with Crippen molar-refractivity contribution in [3.63, 3.8) is 0 Å². The summed E-state index contributed by atoms with van der Waals surface area (Å²) in [4.78, 5) is 14.5. The van der Waals surface area contributed by atoms with E-state index < -0.39 is 5.82 Å². The number of carbonyl (C=O) groups is 1. The van der Waals surface area contributed by atoms with Crippen LogP contribution in [0, 0.1) is 12.7 Å². The van der Waals surface area contributed by atoms with Gasteiger partial charge in [-0.1, -0.05) is 35.9 Å². The van der Waals surface area contributed by atoms with Gasteiger partial charge in [-0.15, -0.1) is 12.4 Å². The van der Waals surface area contributed by atoms with E-state index in [4.69, 9.17) is 11.6 Å². The van der Waals surface area contributed by atoms with Crippen LogP contribution in [0.3, 0.4) is 0 Å². The van der Waals surface area contributed by atoms with Gasteiger partial charge >= 0.3 is 0 Å². The number of hydrogen-bond acceptors (Lipinski definition) is 3. The van der Waals surface area contributed by atoms with E-state index in [1.807, 2.05) is 31.2 Å². The Morgan fingerprint density at radius 2 is 2.12 bits per heavy atom. The Balaban J connectivity index is 0.00000243. The third kappa shape index (κ3) is 4.95. The van der Waals surface area contributed by atoms with Gasteiger partial charge in [-0.25, -0.2) is 4.39 Å². The summed E-state index contributed by atoms with van der Waals surface area (Å²) in [6.45, 7) is 4.23. The maximum absolute atomic E-state index is 13.9. The highest BCUT2D eigenvalue weighted by Crippen LogP contribution is 2.28. The summed E-state index contributed by atoms with van der Waals surface area (Å²) in [6, 6.07) is 12.4. The van der Waals surface area contributed by atoms with Crippen LogP contribution >= 0.6 is 24.0 Å². The molecule has 1 saturated heterocycles. The first kappa shape index (κ1) is 20.6. The van der Waals surface area contributed by atoms with Crippen molar-refractivity contribution in [3.05, 3.63) is 64.4 Å². The third-order valence-corrected chi connectivity index (χ3v) is 4.71. The molecule has 4 nitrogen and oxygen atoms in total. The van der Waals surface area contributed by atoms with Gasteiger partial charge in [-0.2, -0.15) is 0 Å². The molecule has 0 aromatic heterocycles. The maximum atomic E-state index is 13.9. The predicted molar refractivity (Wildman–Crippen MR) is 106 cm³/mol. The normalized spacial score (nSPS) is 17.4. The second-order valence-electron chi connectivity index (χ2n) is 6.24. The number of piperazine rings is 1. The number of amides is 1. The molecule has 1 aliphatic rings. The monoisotopic (exact) mass is 397 g/mol. The highest BCUT2D eigenvalue weighted by Gasteiger charge is 2.27. The largest absolute Gasteiger partial charge is 0.322 e. The lowest BCUT2D eigenvalue weighted by Gasteiger charge is -2.36. The zero-order valence-electron chi connectivity index (χ0n) is 14.5. The van der Waals surface area contributed by atoms with Gasteiger partial charge in [-0.3, -0.25) is 9.69 Å². The standard InChI is InChI=1S/C19H21ClFN3O.ClH/c1-13-6-7-17(16(21)10-13)23-19(25)12-24-9-8-22-11-18(24)14-4-2-3-5-15(14)20;/h2-7,10,18,22H,8-9,11-12H2,1H3,(H,23,25);1H. The van der Waals surface area contributed by atoms with Crippen molar-refractivity contribution < 1.29 is 9.18 Å². The van der Waals surface area contributed by atoms with Gasteiger partial charge in [0.25, 0.3) is 0 Å². The highest BCUT2D eigenvalue weighted by molar-refractivity contribution is 6.31. The molecular weight excluding hydrogens is 376 g/mol. The van der Waals surface area contributed by atoms with Crippen LogP contribution in [-0.4, -0.2) is 37.0 Å². The number of aryl methyl sites for hydroxylation is 1. The van der Waals surface area contributed by atoms with Gasteiger partial charge in [0.05, 0.1) is 12.2 Å². The second-order valence-corrected chi connectivity index (χ2v) is 6.65. The number of hydrogen-bond donors (Lipinski definition) is 2. The Hall–Kier alpha value is -1.66. The lowest BCUT2D eigenvalue weighted by molar-refractivity contribution is -0.118. The lowest BCUT2D eigenvalue weighted by atomic mass is 10.0. The first-order chi connectivity index (χ1) is 12.0. The van der Waals surface area contributed by atoms with E-state index in [-0.39, 0.29) is 36.6 Å². The minimum absolute atomic E-state index is 0. The van der Waals surface area contributed by atoms with E-state index in [0.29, 0.717) is 5.02 Å². The number of nitrogens with one attached hydrogen (secondary N) is 2. The molecule has 1 aliphatic heterocycles. The molecule has 140 valence electrons. The van der Waals surface area contributed by atoms with E-state index in [9.17, 15) is 9.18 Å². The molecule has 2 aromatic carbocycles. The quantitative estimate of drug-likeness (QED) is 0.824. The second kappa shape index (κ2) is 9.33. The average Bonchev–Trinajstić information content (AvgIpc) is 2.59. The number of halogens is 3. The molecule has 0 spiro atoms. The highest BCUT2D eigenvalue weighted by atomic mass is 35.5. The van der Waals surface area contributed by atoms with Crippen LogP contribution in [0.5, 0.6) is 0 Å². The summed E-state index contributed by atoms with van der Waals surface area (Å²) in [6.07, 6.45) is 0. The molecule has 0 bridgehead atoms. The van der Waals surface area contributed by atoms with Crippen molar-refractivity contribution in [2.24, 2.45) is 0 Å². The summed E-state index contributed by atoms with van der Waals surface area (Å²) < 4.78 is 13.9. The van der Waals surface area contributed by atoms with E-state index >= 15 is 0 Å². The van der Waals surface area contributed by atoms with Gasteiger partial charge in [0.2, 0.25) is 5.91 Å². The van der Waals surface area contributed by atoms with Crippen molar-refractivity contribution in [1.82, 2.24) is 10.2 Å². The fourth-order valence-corrected chi connectivity index (χ4v) is 3.35. The van der Waals surface area contributed by atoms with Crippen LogP contribution < -0.4 is 10.6 Å². The minimum Gasteiger partial charge on any atom is -0.322 e. The summed E-state index contributed by atoms with van der Waals surface area (Å²) in [5, 5.41) is 6.69. The van der Waals surface area contributed by atoms with Gasteiger partial charge in [0, 0.05) is 30.7 Å². The first-order valence-electron chi connectivity index (χ1n) is 8.30. The molecular formula is C19H22Cl2FN3O. The number of benzene rings is 2. The first-order valence-corrected chi connectivity index (χ1v) is 8.67. The molecule has 0 aliphatic carbocycles. The summed E-state index contributed by atoms with van der Waals surface area (Å²) >= 11 is 6.32. The van der Waals surface area contributed by atoms with Crippen molar-refractivity contribution in [2.75, 3.05) is 31.5 Å². The lowest BCUT2D eigenvalue weighted by Crippen LogP contribution is -2.48. The topological polar surface area (TPSA) is 44.4 Å². The Bertz CT molecular complexity index is 772. The Kier molecular flexibility index (Phi) is 7.41. The number of anilines is 1. The SMILES string of the molecule is Cc1ccc(NC(=O)CN2CCNCC2c2ccccc2Cl)c(F)c1.Cl. The van der Waals surface area contributed by atoms with E-state index in [0.717, 1.165) is 30.8 Å². The smallest absolute Gasteiger partial charge is 0.238 e. The van der Waals surface area contributed by atoms with Gasteiger partial charge in [0.15, 0.2) is 0 Å². The molecule has 1 heterocycles. The van der Waals surface area contributed by atoms with Gasteiger partial charge in [0.1, 0.15) is 5.82 Å². The van der Waals surface area contributed by atoms with Gasteiger partial charge < -0.3 is 10.6 Å². The Labute approximate surface area is 164 Å². The molecule has 1 atom stereocenters. The van der Waals surface area contributed by atoms with Crippen LogP contribution in [0.4, 0.5) is 10.1 Å². The molecule has 0 radical (unpaired) electrons. The average molecular weight is 398 g/mol. The van der Waals surface area contributed by atoms with Crippen molar-refractivity contribution in [2.45, 2.75) is 13.0 Å². The van der Waals surface area contributed by atoms with Crippen molar-refractivity contribution in [3.8, 4) is 0 Å². The number of rotatable bonds is 4. The molecule has 26 heavy (non-hydrogen) atoms. The van der Waals surface area contributed by atoms with Crippen LogP contribution in [0.1, 0.15) is 17.2 Å². The molecule has 3 rings (SSSR count). The third-order valence-electron chi connectivity index (χ3n) is 4.36. The molecule has 2 aromatic rings. The molecule has 1 unspecified atom stereocenters. The molecule has 1 amide bonds. The zero-order valence-corrected chi connectivity index (χ0v) is 16.0. The van der Waals surface area contributed by atoms with Crippen LogP contribution in [0.15, 0.2) is 42.5 Å². The van der Waals surface area contributed by atoms with Crippen LogP contribution in [0.25, 0.3) is 0 Å². The van der Waals surface area contributed by atoms with Gasteiger partial charge in [-0.05, 0) is 36.2 Å². The molecule has 7 heteroatoms. The van der Waals surface area contributed by atoms with Crippen LogP contribution in [-0.2, 0) is 4.79 Å². The van der Waals surface area contributed by atoms with Crippen molar-refractivity contribution >= 4 is 35.6 Å². The zero-order chi connectivity index (χ0) is 17.8. The fraction of sp³-hybridized carbons (Fsp3) is 0.316. The Morgan fingerprint density at radius 1 is 1.35 bits per heavy atom. The van der Waals surface area contributed by atoms with Crippen molar-refractivity contribution in [1.29, 1.82) is 0 Å². The summed E-state index contributed by atoms with van der Waals surface area (Å²) in [5.74, 6) is -0.655. The van der Waals surface area contributed by atoms with Crippen LogP contribution in [0.2, 0.25) is 5.02 Å².